The monoisotopic (exact) mass is 276 g/mol. The van der Waals surface area contributed by atoms with E-state index < -0.39 is 4.92 Å². The molecule has 0 radical (unpaired) electrons. The molecule has 8 heteroatoms. The summed E-state index contributed by atoms with van der Waals surface area (Å²) in [5.41, 5.74) is 0.650. The van der Waals surface area contributed by atoms with Crippen LogP contribution < -0.4 is 0 Å². The maximum Gasteiger partial charge on any atom is 0.269 e. The number of non-ortho nitro benzene ring substituents is 1. The highest BCUT2D eigenvalue weighted by Crippen LogP contribution is 2.18. The molecule has 0 atom stereocenters. The summed E-state index contributed by atoms with van der Waals surface area (Å²) in [5, 5.41) is 14.7. The number of nitro groups is 1. The second-order valence-corrected chi connectivity index (χ2v) is 4.04. The molecule has 0 aliphatic carbocycles. The third kappa shape index (κ3) is 3.23. The lowest BCUT2D eigenvalue weighted by atomic mass is 10.2. The van der Waals surface area contributed by atoms with Gasteiger partial charge in [-0.05, 0) is 12.1 Å². The number of hydrogen-bond acceptors (Lipinski definition) is 6. The van der Waals surface area contributed by atoms with E-state index in [1.165, 1.54) is 30.3 Å². The number of ketones is 1. The number of rotatable bonds is 6. The Morgan fingerprint density at radius 2 is 2.10 bits per heavy atom. The van der Waals surface area contributed by atoms with Crippen molar-refractivity contribution in [1.82, 2.24) is 14.8 Å². The van der Waals surface area contributed by atoms with Crippen molar-refractivity contribution in [3.05, 3.63) is 40.7 Å². The summed E-state index contributed by atoms with van der Waals surface area (Å²) >= 11 is 0. The average Bonchev–Trinajstić information content (AvgIpc) is 2.87. The number of nitrogens with zero attached hydrogens (tertiary/aromatic N) is 4. The Bertz CT molecular complexity index is 621. The van der Waals surface area contributed by atoms with Gasteiger partial charge in [-0.1, -0.05) is 0 Å². The van der Waals surface area contributed by atoms with Crippen LogP contribution in [0.25, 0.3) is 11.4 Å². The molecule has 0 saturated carbocycles. The molecule has 0 spiro atoms. The molecule has 0 bridgehead atoms. The molecular weight excluding hydrogens is 264 g/mol. The molecule has 0 N–H and O–H groups in total. The number of carbonyl (C=O) groups excluding carboxylic acids is 1. The normalized spacial score (nSPS) is 10.4. The topological polar surface area (TPSA) is 100 Å². The van der Waals surface area contributed by atoms with E-state index in [0.717, 1.165) is 0 Å². The number of methoxy groups -OCH3 is 1. The van der Waals surface area contributed by atoms with Crippen LogP contribution in [-0.4, -0.2) is 39.2 Å². The average molecular weight is 276 g/mol. The zero-order valence-electron chi connectivity index (χ0n) is 10.7. The van der Waals surface area contributed by atoms with E-state index in [2.05, 4.69) is 10.1 Å². The Morgan fingerprint density at radius 3 is 2.70 bits per heavy atom. The summed E-state index contributed by atoms with van der Waals surface area (Å²) < 4.78 is 6.13. The molecule has 1 aromatic carbocycles. The quantitative estimate of drug-likeness (QED) is 0.578. The van der Waals surface area contributed by atoms with Crippen molar-refractivity contribution in [3.63, 3.8) is 0 Å². The second kappa shape index (κ2) is 6.02. The molecule has 8 nitrogen and oxygen atoms in total. The van der Waals surface area contributed by atoms with Crippen molar-refractivity contribution < 1.29 is 14.5 Å². The largest absolute Gasteiger partial charge is 0.377 e. The molecule has 0 unspecified atom stereocenters. The molecule has 0 aliphatic heterocycles. The van der Waals surface area contributed by atoms with E-state index in [4.69, 9.17) is 4.74 Å². The third-order valence-corrected chi connectivity index (χ3v) is 2.52. The molecule has 1 heterocycles. The maximum atomic E-state index is 11.4. The van der Waals surface area contributed by atoms with Gasteiger partial charge < -0.3 is 4.74 Å². The van der Waals surface area contributed by atoms with Gasteiger partial charge in [-0.2, -0.15) is 5.10 Å². The zero-order valence-corrected chi connectivity index (χ0v) is 10.7. The Hall–Kier alpha value is -2.61. The third-order valence-electron chi connectivity index (χ3n) is 2.52. The van der Waals surface area contributed by atoms with E-state index in [1.54, 1.807) is 12.1 Å². The molecule has 0 saturated heterocycles. The predicted octanol–water partition coefficient (Wildman–Crippen LogP) is 1.07. The first kappa shape index (κ1) is 13.8. The van der Waals surface area contributed by atoms with Gasteiger partial charge in [0.2, 0.25) is 0 Å². The molecule has 1 aromatic heterocycles. The van der Waals surface area contributed by atoms with Crippen LogP contribution in [-0.2, 0) is 16.1 Å². The lowest BCUT2D eigenvalue weighted by molar-refractivity contribution is -0.384. The SMILES string of the molecule is COCC(=O)Cn1cnc(-c2ccc([N+](=O)[O-])cc2)n1. The van der Waals surface area contributed by atoms with Gasteiger partial charge in [0, 0.05) is 24.8 Å². The first-order valence-corrected chi connectivity index (χ1v) is 5.75. The number of aromatic nitrogens is 3. The van der Waals surface area contributed by atoms with Gasteiger partial charge in [-0.3, -0.25) is 14.9 Å². The Kier molecular flexibility index (Phi) is 4.16. The van der Waals surface area contributed by atoms with Crippen molar-refractivity contribution in [3.8, 4) is 11.4 Å². The summed E-state index contributed by atoms with van der Waals surface area (Å²) in [4.78, 5) is 25.5. The highest BCUT2D eigenvalue weighted by atomic mass is 16.6. The second-order valence-electron chi connectivity index (χ2n) is 4.04. The summed E-state index contributed by atoms with van der Waals surface area (Å²) in [7, 11) is 1.45. The first-order valence-electron chi connectivity index (χ1n) is 5.75. The number of carbonyl (C=O) groups is 1. The van der Waals surface area contributed by atoms with E-state index >= 15 is 0 Å². The fourth-order valence-electron chi connectivity index (χ4n) is 1.62. The van der Waals surface area contributed by atoms with Gasteiger partial charge >= 0.3 is 0 Å². The van der Waals surface area contributed by atoms with Gasteiger partial charge in [-0.25, -0.2) is 9.67 Å². The van der Waals surface area contributed by atoms with Crippen LogP contribution in [0.15, 0.2) is 30.6 Å². The van der Waals surface area contributed by atoms with Crippen LogP contribution in [0.5, 0.6) is 0 Å². The number of nitro benzene ring substituents is 1. The highest BCUT2D eigenvalue weighted by molar-refractivity contribution is 5.79. The Labute approximate surface area is 114 Å². The fourth-order valence-corrected chi connectivity index (χ4v) is 1.62. The van der Waals surface area contributed by atoms with Crippen LogP contribution in [0.1, 0.15) is 0 Å². The van der Waals surface area contributed by atoms with Crippen molar-refractivity contribution in [2.24, 2.45) is 0 Å². The molecule has 104 valence electrons. The summed E-state index contributed by atoms with van der Waals surface area (Å²) in [5.74, 6) is 0.290. The van der Waals surface area contributed by atoms with Crippen LogP contribution >= 0.6 is 0 Å². The lowest BCUT2D eigenvalue weighted by Gasteiger charge is -1.99. The predicted molar refractivity (Wildman–Crippen MR) is 69.0 cm³/mol. The van der Waals surface area contributed by atoms with E-state index in [1.807, 2.05) is 0 Å². The maximum absolute atomic E-state index is 11.4. The lowest BCUT2D eigenvalue weighted by Crippen LogP contribution is -2.15. The minimum atomic E-state index is -0.473. The van der Waals surface area contributed by atoms with Gasteiger partial charge in [0.15, 0.2) is 11.6 Å². The van der Waals surface area contributed by atoms with Crippen molar-refractivity contribution in [2.45, 2.75) is 6.54 Å². The van der Waals surface area contributed by atoms with Gasteiger partial charge in [0.1, 0.15) is 19.5 Å². The molecule has 0 fully saturated rings. The minimum absolute atomic E-state index is 0.00320. The fraction of sp³-hybridized carbons (Fsp3) is 0.250. The molecule has 20 heavy (non-hydrogen) atoms. The molecule has 0 aliphatic rings. The van der Waals surface area contributed by atoms with Gasteiger partial charge in [-0.15, -0.1) is 0 Å². The highest BCUT2D eigenvalue weighted by Gasteiger charge is 2.09. The van der Waals surface area contributed by atoms with Crippen LogP contribution in [0.4, 0.5) is 5.69 Å². The zero-order chi connectivity index (χ0) is 14.5. The van der Waals surface area contributed by atoms with Crippen molar-refractivity contribution in [1.29, 1.82) is 0 Å². The van der Waals surface area contributed by atoms with E-state index in [9.17, 15) is 14.9 Å². The van der Waals surface area contributed by atoms with Gasteiger partial charge in [0.25, 0.3) is 5.69 Å². The van der Waals surface area contributed by atoms with Crippen LogP contribution in [0.2, 0.25) is 0 Å². The van der Waals surface area contributed by atoms with Crippen molar-refractivity contribution >= 4 is 11.5 Å². The standard InChI is InChI=1S/C12H12N4O4/c1-20-7-11(17)6-15-8-13-12(14-15)9-2-4-10(5-3-9)16(18)19/h2-5,8H,6-7H2,1H3. The Balaban J connectivity index is 2.12. The Morgan fingerprint density at radius 1 is 1.40 bits per heavy atom. The van der Waals surface area contributed by atoms with Crippen molar-refractivity contribution in [2.75, 3.05) is 13.7 Å². The summed E-state index contributed by atoms with van der Waals surface area (Å²) in [6, 6.07) is 5.89. The molecule has 0 amide bonds. The summed E-state index contributed by atoms with van der Waals surface area (Å²) in [6.07, 6.45) is 1.43. The van der Waals surface area contributed by atoms with Gasteiger partial charge in [0.05, 0.1) is 4.92 Å². The number of ether oxygens (including phenoxy) is 1. The van der Waals surface area contributed by atoms with Crippen LogP contribution in [0.3, 0.4) is 0 Å². The number of Topliss-reactive ketones (excluding diaryl/α,β-unsaturated/α-hetero) is 1. The number of hydrogen-bond donors (Lipinski definition) is 0. The van der Waals surface area contributed by atoms with Crippen LogP contribution in [0, 0.1) is 10.1 Å². The number of benzene rings is 1. The first-order chi connectivity index (χ1) is 9.60. The van der Waals surface area contributed by atoms with E-state index in [-0.39, 0.29) is 24.6 Å². The molecule has 2 rings (SSSR count). The smallest absolute Gasteiger partial charge is 0.269 e. The van der Waals surface area contributed by atoms with E-state index in [0.29, 0.717) is 11.4 Å². The molecular formula is C12H12N4O4. The minimum Gasteiger partial charge on any atom is -0.377 e. The summed E-state index contributed by atoms with van der Waals surface area (Å²) in [6.45, 7) is 0.0978. The molecule has 2 aromatic rings.